The maximum Gasteiger partial charge on any atom is 0.178 e. The van der Waals surface area contributed by atoms with Crippen LogP contribution >= 0.6 is 11.6 Å². The molecule has 1 atom stereocenters. The minimum Gasteiger partial charge on any atom is -0.385 e. The second kappa shape index (κ2) is 4.43. The van der Waals surface area contributed by atoms with Crippen LogP contribution in [0.3, 0.4) is 0 Å². The Morgan fingerprint density at radius 3 is 2.92 bits per heavy atom. The fourth-order valence-corrected chi connectivity index (χ4v) is 1.14. The van der Waals surface area contributed by atoms with Gasteiger partial charge in [0, 0.05) is 19.1 Å². The third-order valence-corrected chi connectivity index (χ3v) is 2.11. The van der Waals surface area contributed by atoms with Crippen molar-refractivity contribution in [3.8, 4) is 0 Å². The Labute approximate surface area is 77.4 Å². The van der Waals surface area contributed by atoms with Gasteiger partial charge in [0.05, 0.1) is 5.88 Å². The summed E-state index contributed by atoms with van der Waals surface area (Å²) in [7, 11) is 0. The van der Waals surface area contributed by atoms with Crippen LogP contribution in [0.5, 0.6) is 0 Å². The summed E-state index contributed by atoms with van der Waals surface area (Å²) in [6.45, 7) is 2.57. The largest absolute Gasteiger partial charge is 0.385 e. The molecule has 0 amide bonds. The second-order valence-corrected chi connectivity index (χ2v) is 3.11. The molecule has 0 saturated carbocycles. The fourth-order valence-electron chi connectivity index (χ4n) is 1.04. The molecule has 0 aliphatic heterocycles. The molecule has 12 heavy (non-hydrogen) atoms. The first-order valence-corrected chi connectivity index (χ1v) is 4.46. The molecular weight excluding hydrogens is 174 g/mol. The Morgan fingerprint density at radius 2 is 2.33 bits per heavy atom. The molecule has 3 heteroatoms. The van der Waals surface area contributed by atoms with Gasteiger partial charge in [0.25, 0.3) is 0 Å². The van der Waals surface area contributed by atoms with E-state index in [-0.39, 0.29) is 5.88 Å². The van der Waals surface area contributed by atoms with Gasteiger partial charge in [-0.1, -0.05) is 6.07 Å². The summed E-state index contributed by atoms with van der Waals surface area (Å²) in [6, 6.07) is 5.91. The highest BCUT2D eigenvalue weighted by Crippen LogP contribution is 1.91. The fraction of sp³-hybridized carbons (Fsp3) is 0.444. The monoisotopic (exact) mass is 186 g/mol. The average molecular weight is 187 g/mol. The Balaban J connectivity index is 2.69. The molecule has 1 unspecified atom stereocenters. The van der Waals surface area contributed by atoms with Gasteiger partial charge in [-0.2, -0.15) is 4.57 Å². The molecular formula is C9H13ClNO+. The minimum absolute atomic E-state index is 0.279. The Kier molecular flexibility index (Phi) is 3.50. The van der Waals surface area contributed by atoms with E-state index in [1.165, 1.54) is 0 Å². The standard InChI is InChI=1S/C9H13ClNO/c1-8-4-2-3-5-11(8)7-9(12)6-10/h2-5,9,12H,6-7H2,1H3/q+1. The zero-order chi connectivity index (χ0) is 8.97. The smallest absolute Gasteiger partial charge is 0.178 e. The third kappa shape index (κ3) is 2.47. The van der Waals surface area contributed by atoms with Gasteiger partial charge in [-0.25, -0.2) is 0 Å². The number of pyridine rings is 1. The molecule has 0 aliphatic rings. The lowest BCUT2D eigenvalue weighted by Gasteiger charge is -2.03. The maximum atomic E-state index is 9.28. The molecule has 1 aromatic rings. The number of aromatic nitrogens is 1. The van der Waals surface area contributed by atoms with E-state index in [2.05, 4.69) is 0 Å². The highest BCUT2D eigenvalue weighted by atomic mass is 35.5. The lowest BCUT2D eigenvalue weighted by atomic mass is 10.3. The topological polar surface area (TPSA) is 24.1 Å². The number of hydrogen-bond donors (Lipinski definition) is 1. The molecule has 0 spiro atoms. The van der Waals surface area contributed by atoms with Crippen molar-refractivity contribution in [3.63, 3.8) is 0 Å². The zero-order valence-corrected chi connectivity index (χ0v) is 7.83. The number of aliphatic hydroxyl groups is 1. The van der Waals surface area contributed by atoms with Crippen LogP contribution in [0.25, 0.3) is 0 Å². The van der Waals surface area contributed by atoms with E-state index < -0.39 is 6.10 Å². The highest BCUT2D eigenvalue weighted by molar-refractivity contribution is 6.18. The van der Waals surface area contributed by atoms with Gasteiger partial charge in [-0.15, -0.1) is 11.6 Å². The Hall–Kier alpha value is -0.600. The van der Waals surface area contributed by atoms with Crippen molar-refractivity contribution >= 4 is 11.6 Å². The maximum absolute atomic E-state index is 9.28. The molecule has 2 nitrogen and oxygen atoms in total. The van der Waals surface area contributed by atoms with Crippen LogP contribution in [0.15, 0.2) is 24.4 Å². The average Bonchev–Trinajstić information content (AvgIpc) is 2.09. The molecule has 1 N–H and O–H groups in total. The van der Waals surface area contributed by atoms with Crippen LogP contribution in [0.2, 0.25) is 0 Å². The first-order chi connectivity index (χ1) is 5.74. The summed E-state index contributed by atoms with van der Waals surface area (Å²) in [4.78, 5) is 0. The number of hydrogen-bond acceptors (Lipinski definition) is 1. The number of nitrogens with zero attached hydrogens (tertiary/aromatic N) is 1. The molecule has 1 rings (SSSR count). The minimum atomic E-state index is -0.460. The number of aliphatic hydroxyl groups excluding tert-OH is 1. The number of rotatable bonds is 3. The molecule has 0 aromatic carbocycles. The van der Waals surface area contributed by atoms with Crippen molar-refractivity contribution in [1.82, 2.24) is 0 Å². The van der Waals surface area contributed by atoms with Crippen LogP contribution in [0.1, 0.15) is 5.69 Å². The van der Waals surface area contributed by atoms with E-state index in [0.717, 1.165) is 5.69 Å². The third-order valence-electron chi connectivity index (χ3n) is 1.75. The van der Waals surface area contributed by atoms with Gasteiger partial charge in [0.2, 0.25) is 0 Å². The van der Waals surface area contributed by atoms with Gasteiger partial charge < -0.3 is 5.11 Å². The van der Waals surface area contributed by atoms with Crippen LogP contribution < -0.4 is 4.57 Å². The van der Waals surface area contributed by atoms with Crippen LogP contribution in [0, 0.1) is 6.92 Å². The summed E-state index contributed by atoms with van der Waals surface area (Å²) in [5.41, 5.74) is 1.13. The molecule has 66 valence electrons. The number of alkyl halides is 1. The molecule has 1 aromatic heterocycles. The van der Waals surface area contributed by atoms with Gasteiger partial charge in [-0.3, -0.25) is 0 Å². The Bertz CT molecular complexity index is 252. The molecule has 1 heterocycles. The summed E-state index contributed by atoms with van der Waals surface area (Å²) >= 11 is 5.49. The van der Waals surface area contributed by atoms with Crippen molar-refractivity contribution < 1.29 is 9.67 Å². The number of halogens is 1. The van der Waals surface area contributed by atoms with Crippen LogP contribution in [-0.2, 0) is 6.54 Å². The van der Waals surface area contributed by atoms with Crippen molar-refractivity contribution in [3.05, 3.63) is 30.1 Å². The molecule has 0 saturated heterocycles. The van der Waals surface area contributed by atoms with E-state index in [1.807, 2.05) is 35.9 Å². The first-order valence-electron chi connectivity index (χ1n) is 3.93. The quantitative estimate of drug-likeness (QED) is 0.550. The van der Waals surface area contributed by atoms with E-state index in [0.29, 0.717) is 6.54 Å². The predicted molar refractivity (Wildman–Crippen MR) is 48.1 cm³/mol. The molecule has 0 aliphatic carbocycles. The summed E-state index contributed by atoms with van der Waals surface area (Å²) in [6.07, 6.45) is 1.48. The van der Waals surface area contributed by atoms with Crippen molar-refractivity contribution in [2.45, 2.75) is 19.6 Å². The highest BCUT2D eigenvalue weighted by Gasteiger charge is 2.10. The summed E-state index contributed by atoms with van der Waals surface area (Å²) < 4.78 is 1.98. The number of aryl methyl sites for hydroxylation is 1. The van der Waals surface area contributed by atoms with E-state index in [4.69, 9.17) is 11.6 Å². The predicted octanol–water partition coefficient (Wildman–Crippen LogP) is 0.882. The SMILES string of the molecule is Cc1cccc[n+]1CC(O)CCl. The van der Waals surface area contributed by atoms with Gasteiger partial charge in [0.15, 0.2) is 18.4 Å². The summed E-state index contributed by atoms with van der Waals surface area (Å²) in [5, 5.41) is 9.28. The van der Waals surface area contributed by atoms with E-state index in [1.54, 1.807) is 0 Å². The van der Waals surface area contributed by atoms with Crippen molar-refractivity contribution in [2.75, 3.05) is 5.88 Å². The molecule has 0 fully saturated rings. The molecule has 0 radical (unpaired) electrons. The zero-order valence-electron chi connectivity index (χ0n) is 7.07. The lowest BCUT2D eigenvalue weighted by Crippen LogP contribution is -2.42. The van der Waals surface area contributed by atoms with Gasteiger partial charge in [-0.05, 0) is 0 Å². The second-order valence-electron chi connectivity index (χ2n) is 2.80. The van der Waals surface area contributed by atoms with Crippen molar-refractivity contribution in [2.24, 2.45) is 0 Å². The molecule has 0 bridgehead atoms. The van der Waals surface area contributed by atoms with E-state index >= 15 is 0 Å². The summed E-state index contributed by atoms with van der Waals surface area (Å²) in [5.74, 6) is 0.279. The van der Waals surface area contributed by atoms with Crippen LogP contribution in [0.4, 0.5) is 0 Å². The lowest BCUT2D eigenvalue weighted by molar-refractivity contribution is -0.708. The van der Waals surface area contributed by atoms with Gasteiger partial charge >= 0.3 is 0 Å². The van der Waals surface area contributed by atoms with Crippen molar-refractivity contribution in [1.29, 1.82) is 0 Å². The van der Waals surface area contributed by atoms with Gasteiger partial charge in [0.1, 0.15) is 6.10 Å². The normalized spacial score (nSPS) is 12.9. The van der Waals surface area contributed by atoms with Crippen LogP contribution in [-0.4, -0.2) is 17.1 Å². The first kappa shape index (κ1) is 9.49. The van der Waals surface area contributed by atoms with E-state index in [9.17, 15) is 5.11 Å². The Morgan fingerprint density at radius 1 is 1.58 bits per heavy atom.